The molecule has 0 saturated heterocycles. The number of carbonyl (C=O) groups is 1. The molecule has 1 aromatic carbocycles. The Morgan fingerprint density at radius 1 is 1.12 bits per heavy atom. The highest BCUT2D eigenvalue weighted by Gasteiger charge is 2.51. The molecule has 0 aliphatic heterocycles. The molecule has 1 N–H and O–H groups in total. The zero-order chi connectivity index (χ0) is 23.0. The van der Waals surface area contributed by atoms with E-state index < -0.39 is 0 Å². The second-order valence-corrected chi connectivity index (χ2v) is 11.1. The molecule has 1 amide bonds. The third-order valence-corrected chi connectivity index (χ3v) is 8.79. The van der Waals surface area contributed by atoms with E-state index >= 15 is 0 Å². The zero-order valence-electron chi connectivity index (χ0n) is 19.8. The monoisotopic (exact) mass is 470 g/mol. The number of hydrogen-bond acceptors (Lipinski definition) is 6. The number of anilines is 1. The fourth-order valence-electron chi connectivity index (χ4n) is 6.93. The quantitative estimate of drug-likeness (QED) is 0.530. The van der Waals surface area contributed by atoms with Crippen molar-refractivity contribution in [3.8, 4) is 11.5 Å². The van der Waals surface area contributed by atoms with Crippen LogP contribution in [0.15, 0.2) is 23.4 Å². The van der Waals surface area contributed by atoms with Crippen LogP contribution in [0.1, 0.15) is 51.3 Å². The maximum Gasteiger partial charge on any atom is 0.234 e. The summed E-state index contributed by atoms with van der Waals surface area (Å²) >= 11 is 1.45. The molecular formula is C25H34N4O3S. The minimum Gasteiger partial charge on any atom is -0.497 e. The molecule has 0 unspecified atom stereocenters. The van der Waals surface area contributed by atoms with E-state index in [9.17, 15) is 4.79 Å². The van der Waals surface area contributed by atoms with Crippen molar-refractivity contribution in [1.29, 1.82) is 0 Å². The van der Waals surface area contributed by atoms with Crippen LogP contribution in [-0.4, -0.2) is 40.6 Å². The number of thioether (sulfide) groups is 1. The third kappa shape index (κ3) is 4.59. The highest BCUT2D eigenvalue weighted by atomic mass is 32.2. The Morgan fingerprint density at radius 3 is 2.42 bits per heavy atom. The van der Waals surface area contributed by atoms with Gasteiger partial charge in [0.2, 0.25) is 5.91 Å². The average molecular weight is 471 g/mol. The Bertz CT molecular complexity index is 986. The van der Waals surface area contributed by atoms with Crippen molar-refractivity contribution in [3.05, 3.63) is 24.0 Å². The first-order chi connectivity index (χ1) is 16.0. The van der Waals surface area contributed by atoms with Crippen molar-refractivity contribution in [1.82, 2.24) is 14.8 Å². The number of nitrogens with one attached hydrogen (secondary N) is 1. The van der Waals surface area contributed by atoms with Gasteiger partial charge in [-0.25, -0.2) is 0 Å². The second kappa shape index (κ2) is 9.20. The fraction of sp³-hybridized carbons (Fsp3) is 0.640. The predicted molar refractivity (Wildman–Crippen MR) is 129 cm³/mol. The van der Waals surface area contributed by atoms with Crippen LogP contribution in [0.25, 0.3) is 0 Å². The first-order valence-corrected chi connectivity index (χ1v) is 13.1. The highest BCUT2D eigenvalue weighted by molar-refractivity contribution is 7.99. The number of nitrogens with zero attached hydrogens (tertiary/aromatic N) is 3. The van der Waals surface area contributed by atoms with Gasteiger partial charge in [0.15, 0.2) is 5.16 Å². The number of methoxy groups -OCH3 is 2. The summed E-state index contributed by atoms with van der Waals surface area (Å²) in [6.07, 6.45) is 9.49. The summed E-state index contributed by atoms with van der Waals surface area (Å²) in [5, 5.41) is 12.8. The molecule has 0 radical (unpaired) electrons. The van der Waals surface area contributed by atoms with Crippen molar-refractivity contribution in [2.45, 2.75) is 63.6 Å². The Morgan fingerprint density at radius 2 is 1.82 bits per heavy atom. The van der Waals surface area contributed by atoms with Crippen molar-refractivity contribution in [3.63, 3.8) is 0 Å². The van der Waals surface area contributed by atoms with Gasteiger partial charge in [0, 0.05) is 19.0 Å². The molecule has 2 aromatic rings. The second-order valence-electron chi connectivity index (χ2n) is 10.1. The summed E-state index contributed by atoms with van der Waals surface area (Å²) in [6.45, 7) is 2.96. The molecule has 4 saturated carbocycles. The highest BCUT2D eigenvalue weighted by Crippen LogP contribution is 2.61. The van der Waals surface area contributed by atoms with Gasteiger partial charge in [-0.15, -0.1) is 10.2 Å². The van der Waals surface area contributed by atoms with Crippen LogP contribution in [0, 0.1) is 23.2 Å². The maximum atomic E-state index is 12.6. The molecule has 7 nitrogen and oxygen atoms in total. The predicted octanol–water partition coefficient (Wildman–Crippen LogP) is 4.80. The lowest BCUT2D eigenvalue weighted by molar-refractivity contribution is -0.113. The van der Waals surface area contributed by atoms with Gasteiger partial charge in [-0.2, -0.15) is 0 Å². The molecule has 1 heterocycles. The SMILES string of the molecule is CCn1c(CC23CC4CC(CC(C4)C2)C3)nnc1SCC(=O)Nc1ccc(OC)cc1OC. The number of carbonyl (C=O) groups excluding carboxylic acids is 1. The lowest BCUT2D eigenvalue weighted by Gasteiger charge is -2.56. The smallest absolute Gasteiger partial charge is 0.234 e. The summed E-state index contributed by atoms with van der Waals surface area (Å²) in [5.41, 5.74) is 1.06. The van der Waals surface area contributed by atoms with Gasteiger partial charge in [-0.1, -0.05) is 11.8 Å². The first kappa shape index (κ1) is 22.6. The average Bonchev–Trinajstić information content (AvgIpc) is 3.17. The number of rotatable bonds is 9. The Hall–Kier alpha value is -2.22. The van der Waals surface area contributed by atoms with Gasteiger partial charge in [0.05, 0.1) is 25.7 Å². The van der Waals surface area contributed by atoms with Crippen molar-refractivity contribution >= 4 is 23.4 Å². The molecule has 0 atom stereocenters. The molecule has 4 bridgehead atoms. The summed E-state index contributed by atoms with van der Waals surface area (Å²) in [6, 6.07) is 5.35. The van der Waals surface area contributed by atoms with Gasteiger partial charge in [-0.05, 0) is 80.8 Å². The standard InChI is InChI=1S/C25H34N4O3S/c1-4-29-22(14-25-11-16-7-17(12-25)9-18(8-16)13-25)27-28-24(29)33-15-23(30)26-20-6-5-19(31-2)10-21(20)32-3/h5-6,10,16-18H,4,7-9,11-15H2,1-3H3,(H,26,30). The van der Waals surface area contributed by atoms with Crippen molar-refractivity contribution in [2.75, 3.05) is 25.3 Å². The van der Waals surface area contributed by atoms with E-state index in [1.54, 1.807) is 32.4 Å². The molecule has 1 aromatic heterocycles. The number of benzene rings is 1. The van der Waals surface area contributed by atoms with Gasteiger partial charge in [0.25, 0.3) is 0 Å². The molecule has 4 aliphatic rings. The van der Waals surface area contributed by atoms with E-state index in [0.29, 0.717) is 22.6 Å². The van der Waals surface area contributed by atoms with Crippen LogP contribution < -0.4 is 14.8 Å². The van der Waals surface area contributed by atoms with Crippen molar-refractivity contribution in [2.24, 2.45) is 23.2 Å². The number of hydrogen-bond donors (Lipinski definition) is 1. The van der Waals surface area contributed by atoms with E-state index in [0.717, 1.165) is 41.7 Å². The largest absolute Gasteiger partial charge is 0.497 e. The van der Waals surface area contributed by atoms with Crippen LogP contribution in [0.4, 0.5) is 5.69 Å². The minimum absolute atomic E-state index is 0.100. The normalized spacial score (nSPS) is 27.5. The van der Waals surface area contributed by atoms with Gasteiger partial charge < -0.3 is 19.4 Å². The van der Waals surface area contributed by atoms with Crippen LogP contribution in [0.2, 0.25) is 0 Å². The van der Waals surface area contributed by atoms with E-state index in [1.807, 2.05) is 0 Å². The van der Waals surface area contributed by atoms with Crippen LogP contribution in [0.3, 0.4) is 0 Å². The molecule has 0 spiro atoms. The first-order valence-electron chi connectivity index (χ1n) is 12.1. The number of aromatic nitrogens is 3. The van der Waals surface area contributed by atoms with Gasteiger partial charge in [-0.3, -0.25) is 4.79 Å². The Labute approximate surface area is 200 Å². The summed E-state index contributed by atoms with van der Waals surface area (Å²) in [4.78, 5) is 12.6. The fourth-order valence-corrected chi connectivity index (χ4v) is 7.76. The minimum atomic E-state index is -0.100. The molecule has 4 aliphatic carbocycles. The molecule has 33 heavy (non-hydrogen) atoms. The summed E-state index contributed by atoms with van der Waals surface area (Å²) in [5.74, 6) is 5.32. The summed E-state index contributed by atoms with van der Waals surface area (Å²) < 4.78 is 12.8. The van der Waals surface area contributed by atoms with Gasteiger partial charge in [0.1, 0.15) is 17.3 Å². The van der Waals surface area contributed by atoms with Crippen LogP contribution >= 0.6 is 11.8 Å². The topological polar surface area (TPSA) is 78.3 Å². The Kier molecular flexibility index (Phi) is 6.29. The molecule has 6 rings (SSSR count). The molecule has 178 valence electrons. The van der Waals surface area contributed by atoms with E-state index in [-0.39, 0.29) is 11.7 Å². The molecule has 8 heteroatoms. The van der Waals surface area contributed by atoms with E-state index in [1.165, 1.54) is 50.3 Å². The summed E-state index contributed by atoms with van der Waals surface area (Å²) in [7, 11) is 3.18. The van der Waals surface area contributed by atoms with E-state index in [2.05, 4.69) is 27.0 Å². The Balaban J connectivity index is 1.23. The van der Waals surface area contributed by atoms with Crippen molar-refractivity contribution < 1.29 is 14.3 Å². The molecule has 4 fully saturated rings. The third-order valence-electron chi connectivity index (χ3n) is 7.82. The lowest BCUT2D eigenvalue weighted by atomic mass is 9.49. The number of amides is 1. The number of ether oxygens (including phenoxy) is 2. The van der Waals surface area contributed by atoms with Crippen LogP contribution in [-0.2, 0) is 17.8 Å². The zero-order valence-corrected chi connectivity index (χ0v) is 20.6. The maximum absolute atomic E-state index is 12.6. The van der Waals surface area contributed by atoms with Gasteiger partial charge >= 0.3 is 0 Å². The van der Waals surface area contributed by atoms with Crippen LogP contribution in [0.5, 0.6) is 11.5 Å². The molecular weight excluding hydrogens is 436 g/mol. The lowest BCUT2D eigenvalue weighted by Crippen LogP contribution is -2.47. The van der Waals surface area contributed by atoms with E-state index in [4.69, 9.17) is 9.47 Å².